The predicted octanol–water partition coefficient (Wildman–Crippen LogP) is 3.01. The van der Waals surface area contributed by atoms with Gasteiger partial charge in [0.2, 0.25) is 5.91 Å². The van der Waals surface area contributed by atoms with Crippen LogP contribution in [0.1, 0.15) is 38.2 Å². The second-order valence-electron chi connectivity index (χ2n) is 5.71. The molecule has 4 nitrogen and oxygen atoms in total. The van der Waals surface area contributed by atoms with Gasteiger partial charge in [-0.25, -0.2) is 0 Å². The molecular formula is C17H23N3O. The highest BCUT2D eigenvalue weighted by atomic mass is 16.2. The van der Waals surface area contributed by atoms with Crippen molar-refractivity contribution in [2.45, 2.75) is 32.6 Å². The van der Waals surface area contributed by atoms with Crippen molar-refractivity contribution in [3.8, 4) is 6.07 Å². The van der Waals surface area contributed by atoms with Crippen LogP contribution in [0.4, 0.5) is 5.69 Å². The number of nitriles is 1. The van der Waals surface area contributed by atoms with Crippen LogP contribution in [0.5, 0.6) is 0 Å². The van der Waals surface area contributed by atoms with Crippen LogP contribution in [0.25, 0.3) is 0 Å². The molecule has 1 heterocycles. The number of rotatable bonds is 5. The third-order valence-corrected chi connectivity index (χ3v) is 4.09. The van der Waals surface area contributed by atoms with Gasteiger partial charge in [0, 0.05) is 0 Å². The molecule has 0 atom stereocenters. The summed E-state index contributed by atoms with van der Waals surface area (Å²) in [4.78, 5) is 14.3. The summed E-state index contributed by atoms with van der Waals surface area (Å²) in [5.41, 5.74) is 1.11. The molecule has 1 aromatic rings. The highest BCUT2D eigenvalue weighted by Crippen LogP contribution is 2.21. The van der Waals surface area contributed by atoms with Crippen LogP contribution < -0.4 is 5.32 Å². The third-order valence-electron chi connectivity index (χ3n) is 4.09. The average molecular weight is 285 g/mol. The number of carbonyl (C=O) groups excluding carboxylic acids is 1. The Labute approximate surface area is 126 Å². The quantitative estimate of drug-likeness (QED) is 0.904. The Hall–Kier alpha value is -1.86. The molecule has 0 bridgehead atoms. The Kier molecular flexibility index (Phi) is 5.77. The maximum atomic E-state index is 12.1. The van der Waals surface area contributed by atoms with Crippen LogP contribution in [0, 0.1) is 17.2 Å². The Morgan fingerprint density at radius 2 is 2.10 bits per heavy atom. The van der Waals surface area contributed by atoms with Gasteiger partial charge in [-0.15, -0.1) is 0 Å². The number of para-hydroxylation sites is 1. The van der Waals surface area contributed by atoms with Crippen molar-refractivity contribution in [2.24, 2.45) is 5.92 Å². The van der Waals surface area contributed by atoms with E-state index in [1.165, 1.54) is 25.7 Å². The lowest BCUT2D eigenvalue weighted by Gasteiger charge is -2.31. The molecule has 1 aliphatic heterocycles. The van der Waals surface area contributed by atoms with Crippen molar-refractivity contribution in [2.75, 3.05) is 25.0 Å². The summed E-state index contributed by atoms with van der Waals surface area (Å²) in [6.07, 6.45) is 4.93. The van der Waals surface area contributed by atoms with E-state index in [0.29, 0.717) is 17.8 Å². The van der Waals surface area contributed by atoms with E-state index in [9.17, 15) is 4.79 Å². The number of benzene rings is 1. The van der Waals surface area contributed by atoms with Crippen LogP contribution in [-0.4, -0.2) is 30.4 Å². The number of likely N-dealkylation sites (tertiary alicyclic amines) is 1. The van der Waals surface area contributed by atoms with Crippen molar-refractivity contribution in [3.05, 3.63) is 29.8 Å². The number of hydrogen-bond acceptors (Lipinski definition) is 3. The summed E-state index contributed by atoms with van der Waals surface area (Å²) in [7, 11) is 0. The van der Waals surface area contributed by atoms with E-state index in [0.717, 1.165) is 19.0 Å². The fourth-order valence-electron chi connectivity index (χ4n) is 2.92. The Morgan fingerprint density at radius 3 is 2.76 bits per heavy atom. The first-order valence-electron chi connectivity index (χ1n) is 7.74. The molecule has 4 heteroatoms. The smallest absolute Gasteiger partial charge is 0.238 e. The minimum atomic E-state index is -0.0355. The van der Waals surface area contributed by atoms with Gasteiger partial charge in [-0.3, -0.25) is 9.69 Å². The van der Waals surface area contributed by atoms with Gasteiger partial charge in [0.1, 0.15) is 6.07 Å². The third kappa shape index (κ3) is 4.57. The van der Waals surface area contributed by atoms with Gasteiger partial charge in [-0.2, -0.15) is 5.26 Å². The van der Waals surface area contributed by atoms with E-state index >= 15 is 0 Å². The summed E-state index contributed by atoms with van der Waals surface area (Å²) in [6.45, 7) is 4.64. The minimum Gasteiger partial charge on any atom is -0.324 e. The molecule has 1 fully saturated rings. The summed E-state index contributed by atoms with van der Waals surface area (Å²) >= 11 is 0. The second kappa shape index (κ2) is 7.80. The average Bonchev–Trinajstić information content (AvgIpc) is 2.50. The lowest BCUT2D eigenvalue weighted by molar-refractivity contribution is -0.117. The summed E-state index contributed by atoms with van der Waals surface area (Å²) in [5.74, 6) is 0.792. The Bertz CT molecular complexity index is 513. The van der Waals surface area contributed by atoms with E-state index in [1.54, 1.807) is 18.2 Å². The summed E-state index contributed by atoms with van der Waals surface area (Å²) in [5, 5.41) is 11.9. The van der Waals surface area contributed by atoms with Gasteiger partial charge in [-0.05, 0) is 44.0 Å². The molecule has 1 saturated heterocycles. The van der Waals surface area contributed by atoms with Crippen LogP contribution in [0.15, 0.2) is 24.3 Å². The van der Waals surface area contributed by atoms with Crippen molar-refractivity contribution in [3.63, 3.8) is 0 Å². The zero-order valence-electron chi connectivity index (χ0n) is 12.6. The van der Waals surface area contributed by atoms with Crippen LogP contribution >= 0.6 is 0 Å². The number of nitrogens with one attached hydrogen (secondary N) is 1. The van der Waals surface area contributed by atoms with Crippen LogP contribution in [0.2, 0.25) is 0 Å². The van der Waals surface area contributed by atoms with E-state index in [4.69, 9.17) is 5.26 Å². The SMILES string of the molecule is CCCC1CCN(CC(=O)Nc2ccccc2C#N)CC1. The maximum Gasteiger partial charge on any atom is 0.238 e. The zero-order chi connectivity index (χ0) is 15.1. The Balaban J connectivity index is 1.82. The predicted molar refractivity (Wildman–Crippen MR) is 83.9 cm³/mol. The fraction of sp³-hybridized carbons (Fsp3) is 0.529. The lowest BCUT2D eigenvalue weighted by Crippen LogP contribution is -2.39. The van der Waals surface area contributed by atoms with Gasteiger partial charge in [0.05, 0.1) is 17.8 Å². The van der Waals surface area contributed by atoms with Crippen LogP contribution in [-0.2, 0) is 4.79 Å². The van der Waals surface area contributed by atoms with Gasteiger partial charge in [-0.1, -0.05) is 31.9 Å². The van der Waals surface area contributed by atoms with Gasteiger partial charge >= 0.3 is 0 Å². The second-order valence-corrected chi connectivity index (χ2v) is 5.71. The first-order chi connectivity index (χ1) is 10.2. The van der Waals surface area contributed by atoms with Crippen molar-refractivity contribution in [1.29, 1.82) is 5.26 Å². The first-order valence-corrected chi connectivity index (χ1v) is 7.74. The van der Waals surface area contributed by atoms with Crippen molar-refractivity contribution < 1.29 is 4.79 Å². The van der Waals surface area contributed by atoms with E-state index in [2.05, 4.69) is 23.2 Å². The molecule has 0 aromatic heterocycles. The molecule has 1 aromatic carbocycles. The molecule has 0 unspecified atom stereocenters. The molecule has 1 N–H and O–H groups in total. The van der Waals surface area contributed by atoms with Crippen molar-refractivity contribution in [1.82, 2.24) is 4.90 Å². The maximum absolute atomic E-state index is 12.1. The standard InChI is InChI=1S/C17H23N3O/c1-2-5-14-8-10-20(11-9-14)13-17(21)19-16-7-4-3-6-15(16)12-18/h3-4,6-7,14H,2,5,8-11,13H2,1H3,(H,19,21). The number of amides is 1. The molecule has 0 radical (unpaired) electrons. The molecule has 0 spiro atoms. The summed E-state index contributed by atoms with van der Waals surface area (Å²) < 4.78 is 0. The highest BCUT2D eigenvalue weighted by Gasteiger charge is 2.20. The molecule has 2 rings (SSSR count). The molecule has 1 amide bonds. The molecule has 112 valence electrons. The zero-order valence-corrected chi connectivity index (χ0v) is 12.6. The first kappa shape index (κ1) is 15.5. The number of nitrogens with zero attached hydrogens (tertiary/aromatic N) is 2. The molecule has 0 saturated carbocycles. The lowest BCUT2D eigenvalue weighted by atomic mass is 9.92. The number of piperidine rings is 1. The van der Waals surface area contributed by atoms with Gasteiger partial charge in [0.25, 0.3) is 0 Å². The van der Waals surface area contributed by atoms with E-state index in [1.807, 2.05) is 6.07 Å². The molecule has 1 aliphatic rings. The molecular weight excluding hydrogens is 262 g/mol. The monoisotopic (exact) mass is 285 g/mol. The van der Waals surface area contributed by atoms with E-state index in [-0.39, 0.29) is 5.91 Å². The van der Waals surface area contributed by atoms with Crippen LogP contribution in [0.3, 0.4) is 0 Å². The fourth-order valence-corrected chi connectivity index (χ4v) is 2.92. The summed E-state index contributed by atoms with van der Waals surface area (Å²) in [6, 6.07) is 9.20. The van der Waals surface area contributed by atoms with Gasteiger partial charge < -0.3 is 5.32 Å². The van der Waals surface area contributed by atoms with Gasteiger partial charge in [0.15, 0.2) is 0 Å². The topological polar surface area (TPSA) is 56.1 Å². The largest absolute Gasteiger partial charge is 0.324 e. The Morgan fingerprint density at radius 1 is 1.38 bits per heavy atom. The molecule has 0 aliphatic carbocycles. The minimum absolute atomic E-state index is 0.0355. The number of carbonyl (C=O) groups is 1. The number of hydrogen-bond donors (Lipinski definition) is 1. The number of anilines is 1. The van der Waals surface area contributed by atoms with Crippen molar-refractivity contribution >= 4 is 11.6 Å². The normalized spacial score (nSPS) is 16.4. The molecule has 21 heavy (non-hydrogen) atoms. The van der Waals surface area contributed by atoms with E-state index < -0.39 is 0 Å². The highest BCUT2D eigenvalue weighted by molar-refractivity contribution is 5.93.